The van der Waals surface area contributed by atoms with Crippen LogP contribution in [0.2, 0.25) is 0 Å². The number of Topliss-reactive ketones (excluding diaryl/α,β-unsaturated/α-hetero) is 3. The van der Waals surface area contributed by atoms with Crippen molar-refractivity contribution in [2.24, 2.45) is 34.5 Å². The van der Waals surface area contributed by atoms with Crippen molar-refractivity contribution in [1.29, 1.82) is 0 Å². The molecule has 1 unspecified atom stereocenters. The van der Waals surface area contributed by atoms with Crippen molar-refractivity contribution in [3.63, 3.8) is 0 Å². The molecule has 7 atom stereocenters. The Morgan fingerprint density at radius 3 is 2.69 bits per heavy atom. The molecule has 0 aromatic rings. The lowest BCUT2D eigenvalue weighted by atomic mass is 9.43. The van der Waals surface area contributed by atoms with E-state index in [0.717, 1.165) is 19.3 Å². The van der Waals surface area contributed by atoms with Crippen LogP contribution in [0.25, 0.3) is 0 Å². The van der Waals surface area contributed by atoms with Crippen LogP contribution in [0, 0.1) is 34.5 Å². The van der Waals surface area contributed by atoms with Crippen LogP contribution in [-0.4, -0.2) is 39.8 Å². The number of fused-ring (bicyclic) bond motifs is 5. The lowest BCUT2D eigenvalue weighted by Crippen LogP contribution is -2.62. The molecule has 4 aliphatic carbocycles. The minimum Gasteiger partial charge on any atom is -0.388 e. The molecule has 0 spiro atoms. The third kappa shape index (κ3) is 2.07. The molecular formula is C21H28O5. The van der Waals surface area contributed by atoms with E-state index < -0.39 is 23.4 Å². The van der Waals surface area contributed by atoms with E-state index in [2.05, 4.69) is 6.92 Å². The Bertz CT molecular complexity index is 711. The number of carbonyl (C=O) groups excluding carboxylic acids is 3. The van der Waals surface area contributed by atoms with E-state index in [4.69, 9.17) is 0 Å². The molecule has 2 N–H and O–H groups in total. The van der Waals surface area contributed by atoms with E-state index in [-0.39, 0.29) is 41.3 Å². The predicted octanol–water partition coefficient (Wildman–Crippen LogP) is 1.85. The highest BCUT2D eigenvalue weighted by molar-refractivity contribution is 5.94. The van der Waals surface area contributed by atoms with Gasteiger partial charge in [0.15, 0.2) is 5.78 Å². The Morgan fingerprint density at radius 1 is 1.27 bits per heavy atom. The normalized spacial score (nSPS) is 50.2. The highest BCUT2D eigenvalue weighted by Crippen LogP contribution is 2.65. The van der Waals surface area contributed by atoms with Crippen LogP contribution in [-0.2, 0) is 14.4 Å². The van der Waals surface area contributed by atoms with Gasteiger partial charge >= 0.3 is 0 Å². The van der Waals surface area contributed by atoms with Gasteiger partial charge in [-0.25, -0.2) is 0 Å². The highest BCUT2D eigenvalue weighted by Gasteiger charge is 2.67. The third-order valence-corrected chi connectivity index (χ3v) is 8.41. The fraction of sp³-hybridized carbons (Fsp3) is 0.762. The minimum atomic E-state index is -1.77. The Balaban J connectivity index is 1.72. The van der Waals surface area contributed by atoms with Gasteiger partial charge in [-0.2, -0.15) is 0 Å². The molecule has 4 aliphatic rings. The summed E-state index contributed by atoms with van der Waals surface area (Å²) in [5, 5.41) is 20.4. The van der Waals surface area contributed by atoms with Crippen LogP contribution in [0.4, 0.5) is 0 Å². The number of carbonyl (C=O) groups is 3. The number of hydrogen-bond donors (Lipinski definition) is 2. The maximum Gasteiger partial charge on any atom is 0.194 e. The average Bonchev–Trinajstić information content (AvgIpc) is 2.86. The maximum absolute atomic E-state index is 13.3. The van der Waals surface area contributed by atoms with Crippen LogP contribution in [0.3, 0.4) is 0 Å². The van der Waals surface area contributed by atoms with Crippen molar-refractivity contribution in [3.05, 3.63) is 12.2 Å². The molecule has 26 heavy (non-hydrogen) atoms. The molecule has 0 aromatic heterocycles. The summed E-state index contributed by atoms with van der Waals surface area (Å²) in [5.41, 5.74) is -2.82. The maximum atomic E-state index is 13.3. The molecule has 0 radical (unpaired) electrons. The Morgan fingerprint density at radius 2 is 2.00 bits per heavy atom. The van der Waals surface area contributed by atoms with Gasteiger partial charge in [0, 0.05) is 30.6 Å². The van der Waals surface area contributed by atoms with E-state index >= 15 is 0 Å². The molecule has 3 saturated carbocycles. The monoisotopic (exact) mass is 360 g/mol. The summed E-state index contributed by atoms with van der Waals surface area (Å²) in [7, 11) is 0. The van der Waals surface area contributed by atoms with Gasteiger partial charge in [0.2, 0.25) is 0 Å². The number of rotatable bonds is 2. The molecule has 5 nitrogen and oxygen atoms in total. The molecule has 5 heteroatoms. The van der Waals surface area contributed by atoms with Gasteiger partial charge in [0.25, 0.3) is 0 Å². The predicted molar refractivity (Wildman–Crippen MR) is 94.1 cm³/mol. The average molecular weight is 360 g/mol. The molecular weight excluding hydrogens is 332 g/mol. The van der Waals surface area contributed by atoms with Crippen LogP contribution >= 0.6 is 0 Å². The SMILES string of the molecule is C[C@]12CCC(=O)CC1CC[C@@H]1[C@@H]2C(=O)C[C@@]2(C)[C@H]1C=C[C@]2(O)C(=O)CO. The zero-order valence-corrected chi connectivity index (χ0v) is 15.5. The third-order valence-electron chi connectivity index (χ3n) is 8.41. The smallest absolute Gasteiger partial charge is 0.194 e. The molecule has 0 saturated heterocycles. The fourth-order valence-electron chi connectivity index (χ4n) is 6.88. The summed E-state index contributed by atoms with van der Waals surface area (Å²) >= 11 is 0. The van der Waals surface area contributed by atoms with Crippen LogP contribution in [0.5, 0.6) is 0 Å². The summed E-state index contributed by atoms with van der Waals surface area (Å²) in [5.74, 6) is -0.0158. The molecule has 0 bridgehead atoms. The van der Waals surface area contributed by atoms with Crippen molar-refractivity contribution < 1.29 is 24.6 Å². The lowest BCUT2D eigenvalue weighted by Gasteiger charge is -2.59. The first-order valence-corrected chi connectivity index (χ1v) is 9.77. The highest BCUT2D eigenvalue weighted by atomic mass is 16.3. The zero-order valence-electron chi connectivity index (χ0n) is 15.5. The summed E-state index contributed by atoms with van der Waals surface area (Å²) < 4.78 is 0. The van der Waals surface area contributed by atoms with Gasteiger partial charge in [0.1, 0.15) is 23.8 Å². The van der Waals surface area contributed by atoms with Crippen molar-refractivity contribution in [2.45, 2.75) is 58.0 Å². The van der Waals surface area contributed by atoms with Crippen LogP contribution in [0.1, 0.15) is 52.4 Å². The molecule has 0 aliphatic heterocycles. The number of ketones is 3. The van der Waals surface area contributed by atoms with Crippen molar-refractivity contribution >= 4 is 17.3 Å². The number of aliphatic hydroxyl groups excluding tert-OH is 1. The first-order chi connectivity index (χ1) is 12.2. The standard InChI is InChI=1S/C21H28O5/c1-19-7-5-13(23)9-12(19)3-4-14-15-6-8-21(26,17(25)11-22)20(15,2)10-16(24)18(14)19/h6,8,12,14-15,18,22,26H,3-5,7,9-11H2,1-2H3/t12?,14-,15-,18+,19-,20-,21-/m0/s1. The van der Waals surface area contributed by atoms with Gasteiger partial charge in [-0.3, -0.25) is 14.4 Å². The molecule has 3 fully saturated rings. The second-order valence-corrected chi connectivity index (χ2v) is 9.46. The molecule has 142 valence electrons. The van der Waals surface area contributed by atoms with Gasteiger partial charge in [0.05, 0.1) is 0 Å². The van der Waals surface area contributed by atoms with E-state index in [1.54, 1.807) is 0 Å². The zero-order chi connectivity index (χ0) is 18.9. The molecule has 0 aromatic carbocycles. The van der Waals surface area contributed by atoms with E-state index in [1.165, 1.54) is 6.08 Å². The Hall–Kier alpha value is -1.33. The van der Waals surface area contributed by atoms with Gasteiger partial charge in [-0.05, 0) is 48.5 Å². The van der Waals surface area contributed by atoms with Crippen LogP contribution < -0.4 is 0 Å². The minimum absolute atomic E-state index is 0.0545. The number of aliphatic hydroxyl groups is 2. The van der Waals surface area contributed by atoms with Crippen molar-refractivity contribution in [2.75, 3.05) is 6.61 Å². The Labute approximate surface area is 153 Å². The number of allylic oxidation sites excluding steroid dienone is 1. The van der Waals surface area contributed by atoms with E-state index in [0.29, 0.717) is 18.6 Å². The van der Waals surface area contributed by atoms with E-state index in [9.17, 15) is 24.6 Å². The summed E-state index contributed by atoms with van der Waals surface area (Å²) in [4.78, 5) is 37.5. The van der Waals surface area contributed by atoms with Crippen LogP contribution in [0.15, 0.2) is 12.2 Å². The molecule has 0 amide bonds. The fourth-order valence-corrected chi connectivity index (χ4v) is 6.88. The largest absolute Gasteiger partial charge is 0.388 e. The second kappa shape index (κ2) is 5.59. The van der Waals surface area contributed by atoms with Gasteiger partial charge in [-0.15, -0.1) is 0 Å². The lowest BCUT2D eigenvalue weighted by molar-refractivity contribution is -0.174. The first-order valence-electron chi connectivity index (χ1n) is 9.77. The van der Waals surface area contributed by atoms with Gasteiger partial charge in [-0.1, -0.05) is 19.9 Å². The quantitative estimate of drug-likeness (QED) is 0.733. The van der Waals surface area contributed by atoms with E-state index in [1.807, 2.05) is 13.0 Å². The van der Waals surface area contributed by atoms with Crippen molar-refractivity contribution in [1.82, 2.24) is 0 Å². The first kappa shape index (κ1) is 18.1. The molecule has 4 rings (SSSR count). The molecule has 0 heterocycles. The number of hydrogen-bond acceptors (Lipinski definition) is 5. The summed E-state index contributed by atoms with van der Waals surface area (Å²) in [6.45, 7) is 3.26. The topological polar surface area (TPSA) is 91.7 Å². The van der Waals surface area contributed by atoms with Crippen molar-refractivity contribution in [3.8, 4) is 0 Å². The second-order valence-electron chi connectivity index (χ2n) is 9.46. The van der Waals surface area contributed by atoms with Gasteiger partial charge < -0.3 is 10.2 Å². The Kier molecular flexibility index (Phi) is 3.88. The summed E-state index contributed by atoms with van der Waals surface area (Å²) in [6.07, 6.45) is 7.23. The summed E-state index contributed by atoms with van der Waals surface area (Å²) in [6, 6.07) is 0.